The Morgan fingerprint density at radius 3 is 2.42 bits per heavy atom. The highest BCUT2D eigenvalue weighted by Crippen LogP contribution is 2.46. The second-order valence-electron chi connectivity index (χ2n) is 6.66. The molecule has 2 amide bonds. The smallest absolute Gasteiger partial charge is 0.315 e. The average molecular weight is 287 g/mol. The first-order chi connectivity index (χ1) is 8.71. The Morgan fingerprint density at radius 2 is 2.00 bits per heavy atom. The Hall–Kier alpha value is -0.420. The van der Waals surface area contributed by atoms with Gasteiger partial charge in [0.2, 0.25) is 0 Å². The van der Waals surface area contributed by atoms with E-state index in [2.05, 4.69) is 56.7 Å². The summed E-state index contributed by atoms with van der Waals surface area (Å²) >= 11 is 1.86. The van der Waals surface area contributed by atoms with Crippen LogP contribution >= 0.6 is 11.8 Å². The van der Waals surface area contributed by atoms with Gasteiger partial charge in [-0.05, 0) is 45.5 Å². The molecular formula is C14H29N3OS. The number of rotatable bonds is 7. The Labute approximate surface area is 122 Å². The van der Waals surface area contributed by atoms with E-state index in [9.17, 15) is 4.79 Å². The van der Waals surface area contributed by atoms with Crippen molar-refractivity contribution in [1.82, 2.24) is 15.5 Å². The molecular weight excluding hydrogens is 258 g/mol. The molecule has 112 valence electrons. The molecule has 1 aliphatic rings. The normalized spacial score (nSPS) is 19.1. The van der Waals surface area contributed by atoms with Crippen LogP contribution < -0.4 is 10.6 Å². The number of urea groups is 1. The molecule has 0 aromatic rings. The Balaban J connectivity index is 2.34. The second kappa shape index (κ2) is 6.35. The van der Waals surface area contributed by atoms with Gasteiger partial charge in [0.1, 0.15) is 0 Å². The predicted molar refractivity (Wildman–Crippen MR) is 83.8 cm³/mol. The van der Waals surface area contributed by atoms with Crippen LogP contribution in [0.4, 0.5) is 4.79 Å². The fourth-order valence-electron chi connectivity index (χ4n) is 2.23. The van der Waals surface area contributed by atoms with Crippen LogP contribution in [0.3, 0.4) is 0 Å². The molecule has 0 bridgehead atoms. The summed E-state index contributed by atoms with van der Waals surface area (Å²) < 4.78 is 0.319. The lowest BCUT2D eigenvalue weighted by atomic mass is 9.85. The molecule has 0 aromatic heterocycles. The lowest BCUT2D eigenvalue weighted by Gasteiger charge is -2.35. The summed E-state index contributed by atoms with van der Waals surface area (Å²) in [7, 11) is 4.12. The van der Waals surface area contributed by atoms with Gasteiger partial charge in [-0.15, -0.1) is 0 Å². The van der Waals surface area contributed by atoms with E-state index < -0.39 is 0 Å². The van der Waals surface area contributed by atoms with Crippen LogP contribution in [0.1, 0.15) is 33.6 Å². The summed E-state index contributed by atoms with van der Waals surface area (Å²) in [5.74, 6) is 0. The largest absolute Gasteiger partial charge is 0.337 e. The lowest BCUT2D eigenvalue weighted by molar-refractivity contribution is 0.179. The SMILES string of the molecule is CSC1(CNC(=O)N[C@H](C)C(C)(C)CN(C)C)CC1. The van der Waals surface area contributed by atoms with Gasteiger partial charge in [-0.3, -0.25) is 0 Å². The van der Waals surface area contributed by atoms with Crippen molar-refractivity contribution in [1.29, 1.82) is 0 Å². The van der Waals surface area contributed by atoms with E-state index in [1.807, 2.05) is 11.8 Å². The Morgan fingerprint density at radius 1 is 1.42 bits per heavy atom. The highest BCUT2D eigenvalue weighted by atomic mass is 32.2. The molecule has 5 heteroatoms. The Kier molecular flexibility index (Phi) is 5.56. The zero-order chi connectivity index (χ0) is 14.7. The molecule has 19 heavy (non-hydrogen) atoms. The van der Waals surface area contributed by atoms with Crippen molar-refractivity contribution in [3.63, 3.8) is 0 Å². The number of thioether (sulfide) groups is 1. The molecule has 1 fully saturated rings. The van der Waals surface area contributed by atoms with Crippen molar-refractivity contribution in [2.75, 3.05) is 33.4 Å². The molecule has 1 aliphatic carbocycles. The van der Waals surface area contributed by atoms with E-state index in [1.165, 1.54) is 12.8 Å². The first kappa shape index (κ1) is 16.6. The highest BCUT2D eigenvalue weighted by Gasteiger charge is 2.42. The van der Waals surface area contributed by atoms with E-state index in [-0.39, 0.29) is 17.5 Å². The number of nitrogens with one attached hydrogen (secondary N) is 2. The second-order valence-corrected chi connectivity index (χ2v) is 7.94. The van der Waals surface area contributed by atoms with Gasteiger partial charge in [0.05, 0.1) is 0 Å². The van der Waals surface area contributed by atoms with Crippen molar-refractivity contribution in [2.45, 2.75) is 44.4 Å². The molecule has 1 saturated carbocycles. The number of amides is 2. The fraction of sp³-hybridized carbons (Fsp3) is 0.929. The lowest BCUT2D eigenvalue weighted by Crippen LogP contribution is -2.51. The first-order valence-corrected chi connectivity index (χ1v) is 8.17. The van der Waals surface area contributed by atoms with Crippen molar-refractivity contribution >= 4 is 17.8 Å². The van der Waals surface area contributed by atoms with Crippen molar-refractivity contribution in [3.05, 3.63) is 0 Å². The average Bonchev–Trinajstić information content (AvgIpc) is 3.05. The predicted octanol–water partition coefficient (Wildman–Crippen LogP) is 2.16. The molecule has 0 spiro atoms. The molecule has 1 atom stereocenters. The van der Waals surface area contributed by atoms with E-state index in [0.717, 1.165) is 13.1 Å². The van der Waals surface area contributed by atoms with E-state index in [4.69, 9.17) is 0 Å². The number of carbonyl (C=O) groups excluding carboxylic acids is 1. The summed E-state index contributed by atoms with van der Waals surface area (Å²) in [6.07, 6.45) is 4.56. The van der Waals surface area contributed by atoms with Crippen LogP contribution in [0.15, 0.2) is 0 Å². The molecule has 0 aliphatic heterocycles. The highest BCUT2D eigenvalue weighted by molar-refractivity contribution is 8.00. The number of hydrogen-bond acceptors (Lipinski definition) is 3. The molecule has 4 nitrogen and oxygen atoms in total. The van der Waals surface area contributed by atoms with Gasteiger partial charge >= 0.3 is 6.03 Å². The van der Waals surface area contributed by atoms with Crippen LogP contribution in [0.25, 0.3) is 0 Å². The zero-order valence-electron chi connectivity index (χ0n) is 13.2. The molecule has 0 heterocycles. The monoisotopic (exact) mass is 287 g/mol. The van der Waals surface area contributed by atoms with Gasteiger partial charge in [-0.25, -0.2) is 4.79 Å². The van der Waals surface area contributed by atoms with Gasteiger partial charge in [0.25, 0.3) is 0 Å². The van der Waals surface area contributed by atoms with Gasteiger partial charge in [0.15, 0.2) is 0 Å². The van der Waals surface area contributed by atoms with E-state index in [0.29, 0.717) is 4.75 Å². The summed E-state index contributed by atoms with van der Waals surface area (Å²) in [5, 5.41) is 6.07. The van der Waals surface area contributed by atoms with Crippen molar-refractivity contribution in [2.24, 2.45) is 5.41 Å². The number of nitrogens with zero attached hydrogens (tertiary/aromatic N) is 1. The third-order valence-corrected chi connectivity index (χ3v) is 5.47. The third-order valence-electron chi connectivity index (χ3n) is 4.06. The van der Waals surface area contributed by atoms with Gasteiger partial charge < -0.3 is 15.5 Å². The summed E-state index contributed by atoms with van der Waals surface area (Å²) in [4.78, 5) is 14.1. The summed E-state index contributed by atoms with van der Waals surface area (Å²) in [6, 6.07) is 0.0963. The number of hydrogen-bond donors (Lipinski definition) is 2. The maximum atomic E-state index is 11.9. The van der Waals surface area contributed by atoms with E-state index >= 15 is 0 Å². The molecule has 0 unspecified atom stereocenters. The topological polar surface area (TPSA) is 44.4 Å². The molecule has 0 aromatic carbocycles. The van der Waals surface area contributed by atoms with Crippen molar-refractivity contribution in [3.8, 4) is 0 Å². The minimum Gasteiger partial charge on any atom is -0.337 e. The quantitative estimate of drug-likeness (QED) is 0.754. The van der Waals surface area contributed by atoms with Crippen LogP contribution in [0.2, 0.25) is 0 Å². The minimum absolute atomic E-state index is 0.0420. The number of carbonyl (C=O) groups is 1. The van der Waals surface area contributed by atoms with Crippen LogP contribution in [0.5, 0.6) is 0 Å². The van der Waals surface area contributed by atoms with Crippen molar-refractivity contribution < 1.29 is 4.79 Å². The van der Waals surface area contributed by atoms with Gasteiger partial charge in [-0.2, -0.15) is 11.8 Å². The van der Waals surface area contributed by atoms with Crippen LogP contribution in [0, 0.1) is 5.41 Å². The Bertz CT molecular complexity index is 314. The van der Waals surface area contributed by atoms with Gasteiger partial charge in [-0.1, -0.05) is 13.8 Å². The minimum atomic E-state index is -0.0420. The fourth-order valence-corrected chi connectivity index (χ4v) is 2.96. The third kappa shape index (κ3) is 5.22. The standard InChI is InChI=1S/C14H29N3OS/c1-11(13(2,3)10-17(4)5)16-12(18)15-9-14(19-6)7-8-14/h11H,7-10H2,1-6H3,(H2,15,16,18)/t11-/m1/s1. The van der Waals surface area contributed by atoms with Gasteiger partial charge in [0, 0.05) is 23.9 Å². The summed E-state index contributed by atoms with van der Waals surface area (Å²) in [6.45, 7) is 8.17. The molecule has 0 radical (unpaired) electrons. The van der Waals surface area contributed by atoms with Crippen LogP contribution in [-0.4, -0.2) is 55.2 Å². The zero-order valence-corrected chi connectivity index (χ0v) is 14.0. The van der Waals surface area contributed by atoms with E-state index in [1.54, 1.807) is 0 Å². The summed E-state index contributed by atoms with van der Waals surface area (Å²) in [5.41, 5.74) is 0.0532. The van der Waals surface area contributed by atoms with Crippen LogP contribution in [-0.2, 0) is 0 Å². The first-order valence-electron chi connectivity index (χ1n) is 6.95. The maximum absolute atomic E-state index is 11.9. The molecule has 1 rings (SSSR count). The molecule has 0 saturated heterocycles. The molecule has 2 N–H and O–H groups in total. The maximum Gasteiger partial charge on any atom is 0.315 e.